The van der Waals surface area contributed by atoms with E-state index in [2.05, 4.69) is 4.72 Å². The minimum atomic E-state index is -3.37. The lowest BCUT2D eigenvalue weighted by atomic mass is 10.2. The molecular weight excluding hydrogens is 212 g/mol. The molecule has 0 amide bonds. The number of nitrogens with one attached hydrogen (secondary N) is 1. The van der Waals surface area contributed by atoms with Gasteiger partial charge in [0.15, 0.2) is 0 Å². The monoisotopic (exact) mass is 228 g/mol. The molecule has 0 spiro atoms. The molecule has 0 bridgehead atoms. The molecule has 0 heterocycles. The average molecular weight is 228 g/mol. The van der Waals surface area contributed by atoms with Gasteiger partial charge in [-0.3, -0.25) is 0 Å². The molecule has 0 aromatic heterocycles. The summed E-state index contributed by atoms with van der Waals surface area (Å²) in [5, 5.41) is 0. The van der Waals surface area contributed by atoms with Crippen molar-refractivity contribution in [3.8, 4) is 0 Å². The standard InChI is InChI=1S/C10H16N2O2S/c1-9-5-2-3-6-10(9)15(13,14)12-8-4-7-11/h2-3,5-6,12H,4,7-8,11H2,1H3. The van der Waals surface area contributed by atoms with E-state index in [1.807, 2.05) is 6.07 Å². The van der Waals surface area contributed by atoms with Crippen molar-refractivity contribution < 1.29 is 8.42 Å². The summed E-state index contributed by atoms with van der Waals surface area (Å²) in [6.07, 6.45) is 0.644. The van der Waals surface area contributed by atoms with Crippen LogP contribution < -0.4 is 10.5 Å². The molecule has 0 radical (unpaired) electrons. The Morgan fingerprint density at radius 3 is 2.60 bits per heavy atom. The van der Waals surface area contributed by atoms with Crippen molar-refractivity contribution in [2.75, 3.05) is 13.1 Å². The molecule has 0 fully saturated rings. The van der Waals surface area contributed by atoms with Gasteiger partial charge in [0.05, 0.1) is 4.90 Å². The summed E-state index contributed by atoms with van der Waals surface area (Å²) in [6.45, 7) is 2.64. The molecule has 84 valence electrons. The molecule has 0 saturated heterocycles. The van der Waals surface area contributed by atoms with E-state index in [9.17, 15) is 8.42 Å². The van der Waals surface area contributed by atoms with Crippen LogP contribution in [0.3, 0.4) is 0 Å². The van der Waals surface area contributed by atoms with Gasteiger partial charge in [0, 0.05) is 6.54 Å². The van der Waals surface area contributed by atoms with E-state index in [4.69, 9.17) is 5.73 Å². The van der Waals surface area contributed by atoms with Crippen molar-refractivity contribution in [1.29, 1.82) is 0 Å². The van der Waals surface area contributed by atoms with Crippen molar-refractivity contribution in [1.82, 2.24) is 4.72 Å². The summed E-state index contributed by atoms with van der Waals surface area (Å²) in [7, 11) is -3.37. The van der Waals surface area contributed by atoms with Crippen molar-refractivity contribution in [3.05, 3.63) is 29.8 Å². The fourth-order valence-corrected chi connectivity index (χ4v) is 2.56. The molecule has 1 aromatic rings. The molecule has 0 aliphatic heterocycles. The maximum absolute atomic E-state index is 11.8. The molecule has 3 N–H and O–H groups in total. The molecule has 1 aromatic carbocycles. The zero-order valence-electron chi connectivity index (χ0n) is 8.73. The fraction of sp³-hybridized carbons (Fsp3) is 0.400. The minimum Gasteiger partial charge on any atom is -0.330 e. The Morgan fingerprint density at radius 2 is 2.00 bits per heavy atom. The number of aryl methyl sites for hydroxylation is 1. The lowest BCUT2D eigenvalue weighted by molar-refractivity contribution is 0.579. The first kappa shape index (κ1) is 12.2. The summed E-state index contributed by atoms with van der Waals surface area (Å²) in [4.78, 5) is 0.335. The van der Waals surface area contributed by atoms with Crippen LogP contribution >= 0.6 is 0 Å². The quantitative estimate of drug-likeness (QED) is 0.726. The first-order valence-electron chi connectivity index (χ1n) is 4.83. The van der Waals surface area contributed by atoms with Crippen LogP contribution in [0.25, 0.3) is 0 Å². The highest BCUT2D eigenvalue weighted by atomic mass is 32.2. The second-order valence-corrected chi connectivity index (χ2v) is 5.04. The van der Waals surface area contributed by atoms with E-state index < -0.39 is 10.0 Å². The molecule has 15 heavy (non-hydrogen) atoms. The number of sulfonamides is 1. The predicted molar refractivity (Wildman–Crippen MR) is 60.0 cm³/mol. The van der Waals surface area contributed by atoms with Gasteiger partial charge in [-0.1, -0.05) is 18.2 Å². The van der Waals surface area contributed by atoms with Gasteiger partial charge in [0.1, 0.15) is 0 Å². The van der Waals surface area contributed by atoms with E-state index in [0.717, 1.165) is 5.56 Å². The van der Waals surface area contributed by atoms with E-state index in [1.54, 1.807) is 25.1 Å². The van der Waals surface area contributed by atoms with Gasteiger partial charge in [-0.25, -0.2) is 13.1 Å². The summed E-state index contributed by atoms with van der Waals surface area (Å²) in [5.74, 6) is 0. The Morgan fingerprint density at radius 1 is 1.33 bits per heavy atom. The second kappa shape index (κ2) is 5.25. The smallest absolute Gasteiger partial charge is 0.240 e. The average Bonchev–Trinajstić information content (AvgIpc) is 2.18. The summed E-state index contributed by atoms with van der Waals surface area (Å²) in [5.41, 5.74) is 6.04. The van der Waals surface area contributed by atoms with Crippen LogP contribution in [0.15, 0.2) is 29.2 Å². The van der Waals surface area contributed by atoms with Crippen molar-refractivity contribution >= 4 is 10.0 Å². The number of nitrogens with two attached hydrogens (primary N) is 1. The van der Waals surface area contributed by atoms with Gasteiger partial charge in [0.2, 0.25) is 10.0 Å². The van der Waals surface area contributed by atoms with Gasteiger partial charge in [-0.2, -0.15) is 0 Å². The van der Waals surface area contributed by atoms with Crippen LogP contribution in [0, 0.1) is 6.92 Å². The Kier molecular flexibility index (Phi) is 4.26. The molecule has 0 unspecified atom stereocenters. The largest absolute Gasteiger partial charge is 0.330 e. The van der Waals surface area contributed by atoms with Crippen LogP contribution in [-0.4, -0.2) is 21.5 Å². The van der Waals surface area contributed by atoms with E-state index >= 15 is 0 Å². The first-order chi connectivity index (χ1) is 7.08. The molecule has 0 aliphatic carbocycles. The Labute approximate surface area is 90.5 Å². The molecule has 1 rings (SSSR count). The maximum atomic E-state index is 11.8. The van der Waals surface area contributed by atoms with Gasteiger partial charge in [-0.15, -0.1) is 0 Å². The summed E-state index contributed by atoms with van der Waals surface area (Å²) in [6, 6.07) is 6.90. The number of hydrogen-bond acceptors (Lipinski definition) is 3. The molecule has 0 atom stereocenters. The number of benzene rings is 1. The molecular formula is C10H16N2O2S. The first-order valence-corrected chi connectivity index (χ1v) is 6.31. The van der Waals surface area contributed by atoms with Crippen LogP contribution in [0.5, 0.6) is 0 Å². The second-order valence-electron chi connectivity index (χ2n) is 3.31. The van der Waals surface area contributed by atoms with Gasteiger partial charge < -0.3 is 5.73 Å². The van der Waals surface area contributed by atoms with E-state index in [1.165, 1.54) is 0 Å². The van der Waals surface area contributed by atoms with E-state index in [0.29, 0.717) is 24.4 Å². The summed E-state index contributed by atoms with van der Waals surface area (Å²) >= 11 is 0. The van der Waals surface area contributed by atoms with Crippen LogP contribution in [0.1, 0.15) is 12.0 Å². The maximum Gasteiger partial charge on any atom is 0.240 e. The van der Waals surface area contributed by atoms with Crippen molar-refractivity contribution in [2.24, 2.45) is 5.73 Å². The Bertz CT molecular complexity index is 415. The van der Waals surface area contributed by atoms with Gasteiger partial charge in [-0.05, 0) is 31.5 Å². The number of hydrogen-bond donors (Lipinski definition) is 2. The van der Waals surface area contributed by atoms with Crippen LogP contribution in [0.2, 0.25) is 0 Å². The molecule has 0 saturated carbocycles. The Hall–Kier alpha value is -0.910. The Balaban J connectivity index is 2.83. The minimum absolute atomic E-state index is 0.335. The third-order valence-electron chi connectivity index (χ3n) is 2.06. The van der Waals surface area contributed by atoms with Crippen molar-refractivity contribution in [3.63, 3.8) is 0 Å². The van der Waals surface area contributed by atoms with Gasteiger partial charge >= 0.3 is 0 Å². The fourth-order valence-electron chi connectivity index (χ4n) is 1.24. The normalized spacial score (nSPS) is 11.6. The zero-order chi connectivity index (χ0) is 11.3. The SMILES string of the molecule is Cc1ccccc1S(=O)(=O)NCCCN. The highest BCUT2D eigenvalue weighted by Gasteiger charge is 2.14. The summed E-state index contributed by atoms with van der Waals surface area (Å²) < 4.78 is 26.1. The van der Waals surface area contributed by atoms with E-state index in [-0.39, 0.29) is 0 Å². The van der Waals surface area contributed by atoms with Crippen LogP contribution in [0.4, 0.5) is 0 Å². The lowest BCUT2D eigenvalue weighted by Gasteiger charge is -2.08. The van der Waals surface area contributed by atoms with Crippen molar-refractivity contribution in [2.45, 2.75) is 18.2 Å². The van der Waals surface area contributed by atoms with Crippen LogP contribution in [-0.2, 0) is 10.0 Å². The highest BCUT2D eigenvalue weighted by Crippen LogP contribution is 2.13. The third-order valence-corrected chi connectivity index (χ3v) is 3.68. The van der Waals surface area contributed by atoms with Gasteiger partial charge in [0.25, 0.3) is 0 Å². The highest BCUT2D eigenvalue weighted by molar-refractivity contribution is 7.89. The lowest BCUT2D eigenvalue weighted by Crippen LogP contribution is -2.26. The zero-order valence-corrected chi connectivity index (χ0v) is 9.55. The molecule has 0 aliphatic rings. The topological polar surface area (TPSA) is 72.2 Å². The number of rotatable bonds is 5. The third kappa shape index (κ3) is 3.30. The predicted octanol–water partition coefficient (Wildman–Crippen LogP) is 0.622. The molecule has 5 heteroatoms. The molecule has 4 nitrogen and oxygen atoms in total.